The van der Waals surface area contributed by atoms with E-state index < -0.39 is 12.3 Å². The van der Waals surface area contributed by atoms with E-state index in [0.717, 1.165) is 22.5 Å². The molecule has 1 saturated heterocycles. The number of carbonyl (C=O) groups excluding carboxylic acids is 3. The fourth-order valence-electron chi connectivity index (χ4n) is 3.95. The SMILES string of the molecule is CCN1C(=O)NC(Nc2ccc3c(c2)CNN3CCOC(C)=O)N(Cc2ccc(Cl)cc2)C1=O. The molecule has 2 aromatic carbocycles. The minimum Gasteiger partial charge on any atom is -0.464 e. The molecule has 2 aliphatic heterocycles. The van der Waals surface area contributed by atoms with Crippen LogP contribution in [-0.2, 0) is 22.6 Å². The van der Waals surface area contributed by atoms with Gasteiger partial charge in [-0.15, -0.1) is 0 Å². The number of benzene rings is 2. The number of halogens is 1. The Morgan fingerprint density at radius 2 is 1.97 bits per heavy atom. The number of hydrogen-bond acceptors (Lipinski definition) is 7. The number of imide groups is 1. The van der Waals surface area contributed by atoms with Crippen LogP contribution in [0.25, 0.3) is 0 Å². The van der Waals surface area contributed by atoms with Crippen molar-refractivity contribution in [1.82, 2.24) is 20.5 Å². The minimum absolute atomic E-state index is 0.266. The van der Waals surface area contributed by atoms with Crippen LogP contribution in [-0.4, -0.2) is 53.8 Å². The van der Waals surface area contributed by atoms with Crippen LogP contribution in [0, 0.1) is 0 Å². The average Bonchev–Trinajstić information content (AvgIpc) is 3.20. The predicted molar refractivity (Wildman–Crippen MR) is 128 cm³/mol. The third-order valence-corrected chi connectivity index (χ3v) is 5.88. The summed E-state index contributed by atoms with van der Waals surface area (Å²) in [5.74, 6) is -0.312. The lowest BCUT2D eigenvalue weighted by molar-refractivity contribution is -0.140. The van der Waals surface area contributed by atoms with Crippen molar-refractivity contribution in [3.05, 3.63) is 58.6 Å². The molecule has 1 fully saturated rings. The van der Waals surface area contributed by atoms with Crippen molar-refractivity contribution in [2.45, 2.75) is 33.2 Å². The molecule has 4 rings (SSSR count). The Labute approximate surface area is 202 Å². The van der Waals surface area contributed by atoms with Gasteiger partial charge in [-0.2, -0.15) is 0 Å². The number of fused-ring (bicyclic) bond motifs is 1. The van der Waals surface area contributed by atoms with Crippen molar-refractivity contribution >= 4 is 41.0 Å². The summed E-state index contributed by atoms with van der Waals surface area (Å²) >= 11 is 5.99. The molecular weight excluding hydrogens is 460 g/mol. The Bertz CT molecular complexity index is 1080. The zero-order valence-corrected chi connectivity index (χ0v) is 19.8. The zero-order valence-electron chi connectivity index (χ0n) is 19.0. The molecule has 11 heteroatoms. The first-order chi connectivity index (χ1) is 16.4. The molecule has 0 aromatic heterocycles. The van der Waals surface area contributed by atoms with Crippen molar-refractivity contribution in [1.29, 1.82) is 0 Å². The Morgan fingerprint density at radius 3 is 2.68 bits per heavy atom. The first-order valence-corrected chi connectivity index (χ1v) is 11.4. The molecule has 4 amide bonds. The van der Waals surface area contributed by atoms with Crippen LogP contribution in [0.5, 0.6) is 0 Å². The second-order valence-electron chi connectivity index (χ2n) is 7.95. The van der Waals surface area contributed by atoms with E-state index >= 15 is 0 Å². The standard InChI is InChI=1S/C23H27ClN6O4/c1-3-28-22(32)27-21(29(23(28)33)14-16-4-6-18(24)7-5-16)26-19-8-9-20-17(12-19)13-25-30(20)10-11-34-15(2)31/h4-9,12,21,25-26H,3,10-11,13-14H2,1-2H3,(H,27,32). The van der Waals surface area contributed by atoms with Crippen LogP contribution in [0.1, 0.15) is 25.0 Å². The van der Waals surface area contributed by atoms with Gasteiger partial charge in [-0.05, 0) is 48.4 Å². The Hall–Kier alpha value is -3.50. The molecule has 2 aromatic rings. The molecule has 0 saturated carbocycles. The van der Waals surface area contributed by atoms with E-state index in [2.05, 4.69) is 16.1 Å². The van der Waals surface area contributed by atoms with Gasteiger partial charge in [-0.25, -0.2) is 19.9 Å². The Morgan fingerprint density at radius 1 is 1.21 bits per heavy atom. The molecule has 10 nitrogen and oxygen atoms in total. The highest BCUT2D eigenvalue weighted by molar-refractivity contribution is 6.30. The summed E-state index contributed by atoms with van der Waals surface area (Å²) in [6.45, 7) is 5.11. The minimum atomic E-state index is -0.731. The fourth-order valence-corrected chi connectivity index (χ4v) is 4.07. The van der Waals surface area contributed by atoms with Gasteiger partial charge in [0.25, 0.3) is 0 Å². The van der Waals surface area contributed by atoms with Crippen LogP contribution in [0.2, 0.25) is 5.02 Å². The van der Waals surface area contributed by atoms with Crippen LogP contribution in [0.15, 0.2) is 42.5 Å². The third-order valence-electron chi connectivity index (χ3n) is 5.63. The zero-order chi connectivity index (χ0) is 24.2. The van der Waals surface area contributed by atoms with E-state index in [1.165, 1.54) is 11.8 Å². The number of nitrogens with zero attached hydrogens (tertiary/aromatic N) is 3. The van der Waals surface area contributed by atoms with Crippen LogP contribution in [0.3, 0.4) is 0 Å². The number of hydrazine groups is 1. The average molecular weight is 487 g/mol. The Balaban J connectivity index is 1.50. The number of urea groups is 2. The second kappa shape index (κ2) is 10.2. The van der Waals surface area contributed by atoms with Crippen molar-refractivity contribution in [2.24, 2.45) is 0 Å². The van der Waals surface area contributed by atoms with Gasteiger partial charge in [-0.1, -0.05) is 23.7 Å². The maximum absolute atomic E-state index is 13.1. The number of carbonyl (C=O) groups is 3. The van der Waals surface area contributed by atoms with E-state index in [9.17, 15) is 14.4 Å². The van der Waals surface area contributed by atoms with Crippen molar-refractivity contribution in [3.8, 4) is 0 Å². The number of anilines is 2. The number of hydrogen-bond donors (Lipinski definition) is 3. The summed E-state index contributed by atoms with van der Waals surface area (Å²) < 4.78 is 5.03. The highest BCUT2D eigenvalue weighted by Crippen LogP contribution is 2.29. The molecule has 180 valence electrons. The van der Waals surface area contributed by atoms with Gasteiger partial charge < -0.3 is 15.1 Å². The van der Waals surface area contributed by atoms with Crippen molar-refractivity contribution in [2.75, 3.05) is 30.0 Å². The smallest absolute Gasteiger partial charge is 0.331 e. The highest BCUT2D eigenvalue weighted by Gasteiger charge is 2.37. The number of amides is 4. The van der Waals surface area contributed by atoms with Gasteiger partial charge in [0.05, 0.1) is 18.8 Å². The predicted octanol–water partition coefficient (Wildman–Crippen LogP) is 3.09. The number of esters is 1. The van der Waals surface area contributed by atoms with Crippen molar-refractivity contribution in [3.63, 3.8) is 0 Å². The van der Waals surface area contributed by atoms with Crippen LogP contribution >= 0.6 is 11.6 Å². The number of ether oxygens (including phenoxy) is 1. The van der Waals surface area contributed by atoms with Crippen LogP contribution in [0.4, 0.5) is 21.0 Å². The van der Waals surface area contributed by atoms with E-state index in [1.807, 2.05) is 35.3 Å². The van der Waals surface area contributed by atoms with Gasteiger partial charge >= 0.3 is 18.0 Å². The fraction of sp³-hybridized carbons (Fsp3) is 0.348. The molecule has 2 heterocycles. The largest absolute Gasteiger partial charge is 0.464 e. The molecule has 3 N–H and O–H groups in total. The first-order valence-electron chi connectivity index (χ1n) is 11.0. The molecule has 1 atom stereocenters. The molecule has 0 spiro atoms. The van der Waals surface area contributed by atoms with Gasteiger partial charge in [-0.3, -0.25) is 15.0 Å². The molecule has 34 heavy (non-hydrogen) atoms. The lowest BCUT2D eigenvalue weighted by Crippen LogP contribution is -2.66. The summed E-state index contributed by atoms with van der Waals surface area (Å²) in [5, 5.41) is 8.69. The topological polar surface area (TPSA) is 106 Å². The lowest BCUT2D eigenvalue weighted by atomic mass is 10.1. The van der Waals surface area contributed by atoms with E-state index in [0.29, 0.717) is 24.7 Å². The normalized spacial score (nSPS) is 17.5. The van der Waals surface area contributed by atoms with Gasteiger partial charge in [0, 0.05) is 30.7 Å². The maximum atomic E-state index is 13.1. The highest BCUT2D eigenvalue weighted by atomic mass is 35.5. The summed E-state index contributed by atoms with van der Waals surface area (Å²) in [7, 11) is 0. The summed E-state index contributed by atoms with van der Waals surface area (Å²) in [4.78, 5) is 39.4. The van der Waals surface area contributed by atoms with E-state index in [1.54, 1.807) is 24.0 Å². The molecular formula is C23H27ClN6O4. The van der Waals surface area contributed by atoms with Gasteiger partial charge in [0.1, 0.15) is 6.61 Å². The lowest BCUT2D eigenvalue weighted by Gasteiger charge is -2.41. The quantitative estimate of drug-likeness (QED) is 0.492. The maximum Gasteiger partial charge on any atom is 0.331 e. The second-order valence-corrected chi connectivity index (χ2v) is 8.38. The molecule has 0 aliphatic carbocycles. The molecule has 1 unspecified atom stereocenters. The molecule has 0 bridgehead atoms. The summed E-state index contributed by atoms with van der Waals surface area (Å²) in [6, 6.07) is 12.2. The van der Waals surface area contributed by atoms with E-state index in [-0.39, 0.29) is 25.2 Å². The van der Waals surface area contributed by atoms with Crippen LogP contribution < -0.4 is 21.1 Å². The monoisotopic (exact) mass is 486 g/mol. The molecule has 0 radical (unpaired) electrons. The van der Waals surface area contributed by atoms with Gasteiger partial charge in [0.2, 0.25) is 0 Å². The number of rotatable bonds is 8. The van der Waals surface area contributed by atoms with E-state index in [4.69, 9.17) is 16.3 Å². The Kier molecular flexibility index (Phi) is 7.09. The van der Waals surface area contributed by atoms with Gasteiger partial charge in [0.15, 0.2) is 6.29 Å². The summed E-state index contributed by atoms with van der Waals surface area (Å²) in [6.07, 6.45) is -0.731. The number of nitrogens with one attached hydrogen (secondary N) is 3. The summed E-state index contributed by atoms with van der Waals surface area (Å²) in [5.41, 5.74) is 6.93. The van der Waals surface area contributed by atoms with Crippen molar-refractivity contribution < 1.29 is 19.1 Å². The molecule has 2 aliphatic rings. The first kappa shape index (κ1) is 23.7. The third kappa shape index (κ3) is 5.18.